The van der Waals surface area contributed by atoms with Crippen molar-refractivity contribution < 1.29 is 15.0 Å². The third-order valence-electron chi connectivity index (χ3n) is 3.34. The van der Waals surface area contributed by atoms with Gasteiger partial charge in [-0.15, -0.1) is 0 Å². The number of rotatable bonds is 5. The van der Waals surface area contributed by atoms with Gasteiger partial charge < -0.3 is 20.8 Å². The van der Waals surface area contributed by atoms with Gasteiger partial charge in [-0.1, -0.05) is 6.92 Å². The summed E-state index contributed by atoms with van der Waals surface area (Å²) in [6.07, 6.45) is 2.39. The van der Waals surface area contributed by atoms with Crippen molar-refractivity contribution in [3.8, 4) is 0 Å². The largest absolute Gasteiger partial charge is 0.394 e. The van der Waals surface area contributed by atoms with Crippen LogP contribution in [0.1, 0.15) is 26.2 Å². The van der Waals surface area contributed by atoms with E-state index < -0.39 is 5.54 Å². The van der Waals surface area contributed by atoms with Crippen LogP contribution in [0.15, 0.2) is 0 Å². The fourth-order valence-corrected chi connectivity index (χ4v) is 1.88. The van der Waals surface area contributed by atoms with Gasteiger partial charge in [-0.05, 0) is 25.8 Å². The number of carbonyl (C=O) groups excluding carboxylic acids is 1. The number of hydrogen-bond donors (Lipinski definition) is 4. The Labute approximate surface area is 96.2 Å². The molecular weight excluding hydrogens is 208 g/mol. The lowest BCUT2D eigenvalue weighted by atomic mass is 9.94. The van der Waals surface area contributed by atoms with Crippen LogP contribution in [0.25, 0.3) is 0 Å². The Hall–Kier alpha value is -0.650. The van der Waals surface area contributed by atoms with Crippen LogP contribution in [0.4, 0.5) is 0 Å². The van der Waals surface area contributed by atoms with Gasteiger partial charge in [0, 0.05) is 6.54 Å². The van der Waals surface area contributed by atoms with Crippen LogP contribution in [0.2, 0.25) is 0 Å². The van der Waals surface area contributed by atoms with E-state index in [4.69, 9.17) is 0 Å². The Kier molecular flexibility index (Phi) is 5.18. The third-order valence-corrected chi connectivity index (χ3v) is 3.34. The average Bonchev–Trinajstić information content (AvgIpc) is 2.37. The van der Waals surface area contributed by atoms with Crippen molar-refractivity contribution in [3.05, 3.63) is 0 Å². The first-order chi connectivity index (χ1) is 7.67. The van der Waals surface area contributed by atoms with E-state index in [2.05, 4.69) is 10.6 Å². The van der Waals surface area contributed by atoms with Crippen molar-refractivity contribution in [2.45, 2.75) is 31.7 Å². The summed E-state index contributed by atoms with van der Waals surface area (Å²) >= 11 is 0. The molecule has 0 aromatic heterocycles. The molecule has 0 bridgehead atoms. The molecule has 0 unspecified atom stereocenters. The van der Waals surface area contributed by atoms with Crippen molar-refractivity contribution in [3.63, 3.8) is 0 Å². The number of amides is 1. The summed E-state index contributed by atoms with van der Waals surface area (Å²) in [7, 11) is 0. The van der Waals surface area contributed by atoms with Crippen LogP contribution in [0, 0.1) is 5.92 Å². The van der Waals surface area contributed by atoms with Gasteiger partial charge in [-0.2, -0.15) is 0 Å². The zero-order valence-electron chi connectivity index (χ0n) is 9.83. The molecule has 1 fully saturated rings. The van der Waals surface area contributed by atoms with Gasteiger partial charge in [0.25, 0.3) is 0 Å². The molecule has 5 nitrogen and oxygen atoms in total. The summed E-state index contributed by atoms with van der Waals surface area (Å²) < 4.78 is 0. The van der Waals surface area contributed by atoms with E-state index in [0.29, 0.717) is 13.0 Å². The van der Waals surface area contributed by atoms with Crippen LogP contribution in [-0.2, 0) is 4.79 Å². The molecule has 1 aliphatic heterocycles. The standard InChI is InChI=1S/C11H22N2O3/c1-2-11(7-14,8-15)13-10(16)9-4-3-5-12-6-9/h9,12,14-15H,2-8H2,1H3,(H,13,16)/t9-/m0/s1. The first kappa shape index (κ1) is 13.4. The maximum absolute atomic E-state index is 11.9. The topological polar surface area (TPSA) is 81.6 Å². The van der Waals surface area contributed by atoms with Crippen LogP contribution >= 0.6 is 0 Å². The number of piperidine rings is 1. The van der Waals surface area contributed by atoms with Crippen molar-refractivity contribution in [1.29, 1.82) is 0 Å². The van der Waals surface area contributed by atoms with Gasteiger partial charge in [-0.25, -0.2) is 0 Å². The lowest BCUT2D eigenvalue weighted by Gasteiger charge is -2.32. The van der Waals surface area contributed by atoms with Gasteiger partial charge in [0.1, 0.15) is 0 Å². The van der Waals surface area contributed by atoms with E-state index in [1.54, 1.807) is 0 Å². The molecule has 0 radical (unpaired) electrons. The molecule has 0 spiro atoms. The van der Waals surface area contributed by atoms with Crippen LogP contribution in [0.5, 0.6) is 0 Å². The van der Waals surface area contributed by atoms with Gasteiger partial charge in [0.15, 0.2) is 0 Å². The molecule has 5 heteroatoms. The quantitative estimate of drug-likeness (QED) is 0.500. The maximum atomic E-state index is 11.9. The summed E-state index contributed by atoms with van der Waals surface area (Å²) in [5.41, 5.74) is -0.867. The predicted molar refractivity (Wildman–Crippen MR) is 60.9 cm³/mol. The van der Waals surface area contributed by atoms with E-state index in [0.717, 1.165) is 19.4 Å². The normalized spacial score (nSPS) is 21.8. The lowest BCUT2D eigenvalue weighted by molar-refractivity contribution is -0.129. The Morgan fingerprint density at radius 3 is 2.62 bits per heavy atom. The Balaban J connectivity index is 2.53. The van der Waals surface area contributed by atoms with E-state index in [1.807, 2.05) is 6.92 Å². The van der Waals surface area contributed by atoms with E-state index >= 15 is 0 Å². The molecule has 16 heavy (non-hydrogen) atoms. The number of hydrogen-bond acceptors (Lipinski definition) is 4. The number of aliphatic hydroxyl groups excluding tert-OH is 2. The molecule has 0 aliphatic carbocycles. The molecular formula is C11H22N2O3. The fraction of sp³-hybridized carbons (Fsp3) is 0.909. The average molecular weight is 230 g/mol. The van der Waals surface area contributed by atoms with Crippen molar-refractivity contribution in [1.82, 2.24) is 10.6 Å². The first-order valence-corrected chi connectivity index (χ1v) is 5.92. The second-order valence-electron chi connectivity index (χ2n) is 4.48. The molecule has 0 saturated carbocycles. The molecule has 1 rings (SSSR count). The van der Waals surface area contributed by atoms with E-state index in [9.17, 15) is 15.0 Å². The lowest BCUT2D eigenvalue weighted by Crippen LogP contribution is -2.56. The monoisotopic (exact) mass is 230 g/mol. The van der Waals surface area contributed by atoms with Crippen molar-refractivity contribution in [2.24, 2.45) is 5.92 Å². The zero-order valence-corrected chi connectivity index (χ0v) is 9.83. The maximum Gasteiger partial charge on any atom is 0.224 e. The SMILES string of the molecule is CCC(CO)(CO)NC(=O)[C@H]1CCCNC1. The molecule has 0 aromatic rings. The summed E-state index contributed by atoms with van der Waals surface area (Å²) in [5, 5.41) is 24.4. The smallest absolute Gasteiger partial charge is 0.224 e. The van der Waals surface area contributed by atoms with Crippen molar-refractivity contribution in [2.75, 3.05) is 26.3 Å². The van der Waals surface area contributed by atoms with Crippen LogP contribution in [-0.4, -0.2) is 48.0 Å². The number of carbonyl (C=O) groups is 1. The molecule has 1 saturated heterocycles. The molecule has 0 aromatic carbocycles. The molecule has 1 heterocycles. The Morgan fingerprint density at radius 1 is 1.50 bits per heavy atom. The fourth-order valence-electron chi connectivity index (χ4n) is 1.88. The molecule has 4 N–H and O–H groups in total. The van der Waals surface area contributed by atoms with Crippen LogP contribution in [0.3, 0.4) is 0 Å². The van der Waals surface area contributed by atoms with Gasteiger partial charge in [0.05, 0.1) is 24.7 Å². The minimum Gasteiger partial charge on any atom is -0.394 e. The highest BCUT2D eigenvalue weighted by Gasteiger charge is 2.31. The minimum absolute atomic E-state index is 0.0437. The summed E-state index contributed by atoms with van der Waals surface area (Å²) in [6, 6.07) is 0. The number of nitrogens with one attached hydrogen (secondary N) is 2. The highest BCUT2D eigenvalue weighted by molar-refractivity contribution is 5.79. The second-order valence-corrected chi connectivity index (χ2v) is 4.48. The van der Waals surface area contributed by atoms with E-state index in [1.165, 1.54) is 0 Å². The number of aliphatic hydroxyl groups is 2. The van der Waals surface area contributed by atoms with Gasteiger partial charge in [0.2, 0.25) is 5.91 Å². The van der Waals surface area contributed by atoms with Gasteiger partial charge in [-0.3, -0.25) is 4.79 Å². The highest BCUT2D eigenvalue weighted by Crippen LogP contribution is 2.14. The Morgan fingerprint density at radius 2 is 2.19 bits per heavy atom. The Bertz CT molecular complexity index is 215. The van der Waals surface area contributed by atoms with E-state index in [-0.39, 0.29) is 25.0 Å². The summed E-state index contributed by atoms with van der Waals surface area (Å²) in [5.74, 6) is -0.116. The first-order valence-electron chi connectivity index (χ1n) is 5.92. The van der Waals surface area contributed by atoms with Crippen LogP contribution < -0.4 is 10.6 Å². The minimum atomic E-state index is -0.867. The summed E-state index contributed by atoms with van der Waals surface area (Å²) in [4.78, 5) is 11.9. The van der Waals surface area contributed by atoms with Gasteiger partial charge >= 0.3 is 0 Å². The molecule has 1 atom stereocenters. The second kappa shape index (κ2) is 6.18. The third kappa shape index (κ3) is 3.17. The molecule has 1 aliphatic rings. The molecule has 94 valence electrons. The predicted octanol–water partition coefficient (Wildman–Crippen LogP) is -0.764. The van der Waals surface area contributed by atoms with Crippen molar-refractivity contribution >= 4 is 5.91 Å². The molecule has 1 amide bonds. The highest BCUT2D eigenvalue weighted by atomic mass is 16.3. The summed E-state index contributed by atoms with van der Waals surface area (Å²) in [6.45, 7) is 3.02. The zero-order chi connectivity index (χ0) is 12.0.